The number of likely N-dealkylation sites (tertiary alicyclic amines) is 1. The number of nitrogens with zero attached hydrogens (tertiary/aromatic N) is 3. The Morgan fingerprint density at radius 1 is 0.800 bits per heavy atom. The van der Waals surface area contributed by atoms with Crippen LogP contribution in [0.15, 0.2) is 78.9 Å². The van der Waals surface area contributed by atoms with Gasteiger partial charge in [-0.2, -0.15) is 0 Å². The Labute approximate surface area is 240 Å². The molecule has 6 nitrogen and oxygen atoms in total. The molecule has 3 aromatic rings. The van der Waals surface area contributed by atoms with Crippen molar-refractivity contribution >= 4 is 23.2 Å². The number of nitrogens with two attached hydrogens (primary N) is 1. The summed E-state index contributed by atoms with van der Waals surface area (Å²) in [5, 5.41) is 0. The second-order valence-corrected chi connectivity index (χ2v) is 10.7. The number of primary amides is 1. The Morgan fingerprint density at radius 2 is 1.40 bits per heavy atom. The molecule has 2 amide bonds. The maximum atomic E-state index is 13.2. The van der Waals surface area contributed by atoms with Crippen LogP contribution in [-0.4, -0.2) is 52.8 Å². The van der Waals surface area contributed by atoms with E-state index in [0.29, 0.717) is 11.1 Å². The van der Waals surface area contributed by atoms with Gasteiger partial charge in [0.2, 0.25) is 5.91 Å². The predicted octanol–water partition coefficient (Wildman–Crippen LogP) is 6.87. The molecule has 40 heavy (non-hydrogen) atoms. The third-order valence-electron chi connectivity index (χ3n) is 7.32. The Morgan fingerprint density at radius 3 is 1.95 bits per heavy atom. The highest BCUT2D eigenvalue weighted by Gasteiger charge is 2.27. The Bertz CT molecular complexity index is 1210. The number of rotatable bonds is 9. The molecule has 1 aliphatic rings. The number of amides is 2. The van der Waals surface area contributed by atoms with Gasteiger partial charge in [-0.1, -0.05) is 50.2 Å². The fourth-order valence-electron chi connectivity index (χ4n) is 5.54. The largest absolute Gasteiger partial charge is 0.366 e. The second kappa shape index (κ2) is 14.7. The molecule has 1 fully saturated rings. The lowest BCUT2D eigenvalue weighted by Crippen LogP contribution is -2.43. The zero-order valence-electron chi connectivity index (χ0n) is 25.0. The molecule has 1 aliphatic heterocycles. The Hall–Kier alpha value is -3.64. The summed E-state index contributed by atoms with van der Waals surface area (Å²) in [6.45, 7) is 15.1. The number of benzene rings is 3. The van der Waals surface area contributed by atoms with Crippen molar-refractivity contribution < 1.29 is 9.59 Å². The van der Waals surface area contributed by atoms with Gasteiger partial charge >= 0.3 is 0 Å². The summed E-state index contributed by atoms with van der Waals surface area (Å²) in [7, 11) is 0. The molecule has 0 spiro atoms. The third-order valence-corrected chi connectivity index (χ3v) is 7.32. The monoisotopic (exact) mass is 542 g/mol. The van der Waals surface area contributed by atoms with E-state index in [0.717, 1.165) is 43.9 Å². The fourth-order valence-corrected chi connectivity index (χ4v) is 5.54. The van der Waals surface area contributed by atoms with Crippen LogP contribution in [-0.2, 0) is 6.54 Å². The SMILES string of the molecule is CC.CC(C)N(C(=O)c1ccc(N(c2cccc(C(N)=O)c2)C2CCN(Cc3ccccc3)CC2)cc1)C(C)C. The van der Waals surface area contributed by atoms with Crippen molar-refractivity contribution in [3.05, 3.63) is 95.6 Å². The molecule has 0 aliphatic carbocycles. The van der Waals surface area contributed by atoms with Crippen molar-refractivity contribution in [3.8, 4) is 0 Å². The summed E-state index contributed by atoms with van der Waals surface area (Å²) in [5.74, 6) is -0.397. The number of hydrogen-bond donors (Lipinski definition) is 1. The fraction of sp³-hybridized carbons (Fsp3) is 0.412. The van der Waals surface area contributed by atoms with Gasteiger partial charge in [0.05, 0.1) is 0 Å². The van der Waals surface area contributed by atoms with Gasteiger partial charge in [-0.25, -0.2) is 0 Å². The van der Waals surface area contributed by atoms with Crippen LogP contribution in [0.1, 0.15) is 80.7 Å². The molecule has 0 atom stereocenters. The molecule has 4 rings (SSSR count). The highest BCUT2D eigenvalue weighted by molar-refractivity contribution is 5.95. The van der Waals surface area contributed by atoms with Crippen molar-refractivity contribution in [1.82, 2.24) is 9.80 Å². The standard InChI is InChI=1S/C32H40N4O2.C2H6/c1-23(2)35(24(3)4)32(38)26-13-15-28(16-14-26)36(30-12-8-11-27(21-30)31(33)37)29-17-19-34(20-18-29)22-25-9-6-5-7-10-25;1-2/h5-16,21,23-24,29H,17-20,22H2,1-4H3,(H2,33,37);1-2H3. The molecule has 0 unspecified atom stereocenters. The van der Waals surface area contributed by atoms with E-state index >= 15 is 0 Å². The van der Waals surface area contributed by atoms with E-state index in [1.165, 1.54) is 5.56 Å². The molecular weight excluding hydrogens is 496 g/mol. The minimum absolute atomic E-state index is 0.0399. The van der Waals surface area contributed by atoms with Crippen LogP contribution in [0.4, 0.5) is 11.4 Å². The van der Waals surface area contributed by atoms with Crippen molar-refractivity contribution in [2.45, 2.75) is 79.1 Å². The van der Waals surface area contributed by atoms with Crippen molar-refractivity contribution in [1.29, 1.82) is 0 Å². The topological polar surface area (TPSA) is 69.9 Å². The van der Waals surface area contributed by atoms with Crippen molar-refractivity contribution in [2.75, 3.05) is 18.0 Å². The van der Waals surface area contributed by atoms with E-state index < -0.39 is 5.91 Å². The van der Waals surface area contributed by atoms with Crippen LogP contribution in [0, 0.1) is 0 Å². The van der Waals surface area contributed by atoms with Gasteiger partial charge in [-0.05, 0) is 88.6 Å². The smallest absolute Gasteiger partial charge is 0.254 e. The van der Waals surface area contributed by atoms with Gasteiger partial charge in [0.1, 0.15) is 0 Å². The summed E-state index contributed by atoms with van der Waals surface area (Å²) < 4.78 is 0. The highest BCUT2D eigenvalue weighted by atomic mass is 16.2. The van der Waals surface area contributed by atoms with E-state index in [1.54, 1.807) is 6.07 Å². The minimum atomic E-state index is -0.437. The summed E-state index contributed by atoms with van der Waals surface area (Å²) in [6.07, 6.45) is 1.98. The summed E-state index contributed by atoms with van der Waals surface area (Å²) >= 11 is 0. The maximum absolute atomic E-state index is 13.2. The van der Waals surface area contributed by atoms with Gasteiger partial charge in [0.25, 0.3) is 5.91 Å². The van der Waals surface area contributed by atoms with Crippen LogP contribution in [0.5, 0.6) is 0 Å². The highest BCUT2D eigenvalue weighted by Crippen LogP contribution is 2.33. The lowest BCUT2D eigenvalue weighted by atomic mass is 9.99. The molecular formula is C34H46N4O2. The average Bonchev–Trinajstić information content (AvgIpc) is 2.96. The van der Waals surface area contributed by atoms with Gasteiger partial charge in [-0.3, -0.25) is 14.5 Å². The minimum Gasteiger partial charge on any atom is -0.366 e. The van der Waals surface area contributed by atoms with E-state index in [2.05, 4.69) is 40.1 Å². The van der Waals surface area contributed by atoms with Gasteiger partial charge in [-0.15, -0.1) is 0 Å². The van der Waals surface area contributed by atoms with Crippen molar-refractivity contribution in [3.63, 3.8) is 0 Å². The van der Waals surface area contributed by atoms with Crippen molar-refractivity contribution in [2.24, 2.45) is 5.73 Å². The summed E-state index contributed by atoms with van der Waals surface area (Å²) in [6, 6.07) is 26.5. The van der Waals surface area contributed by atoms with Crippen LogP contribution < -0.4 is 10.6 Å². The normalized spacial score (nSPS) is 14.0. The van der Waals surface area contributed by atoms with E-state index in [4.69, 9.17) is 5.73 Å². The van der Waals surface area contributed by atoms with Gasteiger partial charge < -0.3 is 15.5 Å². The van der Waals surface area contributed by atoms with Crippen LogP contribution >= 0.6 is 0 Å². The first-order chi connectivity index (χ1) is 19.2. The lowest BCUT2D eigenvalue weighted by Gasteiger charge is -2.40. The average molecular weight is 543 g/mol. The van der Waals surface area contributed by atoms with E-state index in [1.807, 2.05) is 88.9 Å². The zero-order valence-corrected chi connectivity index (χ0v) is 25.0. The van der Waals surface area contributed by atoms with Crippen LogP contribution in [0.3, 0.4) is 0 Å². The van der Waals surface area contributed by atoms with E-state index in [9.17, 15) is 9.59 Å². The molecule has 0 aromatic heterocycles. The first kappa shape index (κ1) is 30.9. The maximum Gasteiger partial charge on any atom is 0.254 e. The summed E-state index contributed by atoms with van der Waals surface area (Å²) in [5.41, 5.74) is 10.1. The third kappa shape index (κ3) is 7.72. The van der Waals surface area contributed by atoms with Crippen LogP contribution in [0.2, 0.25) is 0 Å². The first-order valence-electron chi connectivity index (χ1n) is 14.6. The Balaban J connectivity index is 0.00000216. The number of anilines is 2. The number of carbonyl (C=O) groups excluding carboxylic acids is 2. The van der Waals surface area contributed by atoms with Gasteiger partial charge in [0.15, 0.2) is 0 Å². The molecule has 2 N–H and O–H groups in total. The molecule has 214 valence electrons. The quantitative estimate of drug-likeness (QED) is 0.320. The molecule has 6 heteroatoms. The molecule has 1 heterocycles. The molecule has 1 saturated heterocycles. The molecule has 3 aromatic carbocycles. The predicted molar refractivity (Wildman–Crippen MR) is 166 cm³/mol. The van der Waals surface area contributed by atoms with Crippen LogP contribution in [0.25, 0.3) is 0 Å². The zero-order chi connectivity index (χ0) is 29.2. The second-order valence-electron chi connectivity index (χ2n) is 10.7. The van der Waals surface area contributed by atoms with E-state index in [-0.39, 0.29) is 24.0 Å². The molecule has 0 saturated carbocycles. The number of carbonyl (C=O) groups is 2. The summed E-state index contributed by atoms with van der Waals surface area (Å²) in [4.78, 5) is 31.9. The first-order valence-corrected chi connectivity index (χ1v) is 14.6. The Kier molecular flexibility index (Phi) is 11.3. The number of hydrogen-bond acceptors (Lipinski definition) is 4. The lowest BCUT2D eigenvalue weighted by molar-refractivity contribution is 0.0643. The number of piperidine rings is 1. The molecule has 0 bridgehead atoms. The van der Waals surface area contributed by atoms with Gasteiger partial charge in [0, 0.05) is 60.3 Å². The molecule has 0 radical (unpaired) electrons.